The first-order valence-corrected chi connectivity index (χ1v) is 6.82. The van der Waals surface area contributed by atoms with E-state index in [0.29, 0.717) is 5.56 Å². The van der Waals surface area contributed by atoms with Gasteiger partial charge in [0.25, 0.3) is 0 Å². The summed E-state index contributed by atoms with van der Waals surface area (Å²) in [5, 5.41) is 11.1. The molecule has 2 atom stereocenters. The zero-order valence-corrected chi connectivity index (χ0v) is 13.0. The number of hydrogen-bond acceptors (Lipinski definition) is 6. The second-order valence-electron chi connectivity index (χ2n) is 4.82. The van der Waals surface area contributed by atoms with Gasteiger partial charge in [-0.15, -0.1) is 0 Å². The quantitative estimate of drug-likeness (QED) is 0.332. The van der Waals surface area contributed by atoms with Gasteiger partial charge in [0.1, 0.15) is 11.7 Å². The lowest BCUT2D eigenvalue weighted by Crippen LogP contribution is -2.29. The normalized spacial score (nSPS) is 13.1. The van der Waals surface area contributed by atoms with Gasteiger partial charge in [-0.25, -0.2) is 0 Å². The van der Waals surface area contributed by atoms with Crippen LogP contribution >= 0.6 is 0 Å². The summed E-state index contributed by atoms with van der Waals surface area (Å²) in [5.74, 6) is -2.38. The number of ether oxygens (including phenoxy) is 2. The predicted molar refractivity (Wildman–Crippen MR) is 78.9 cm³/mol. The number of esters is 1. The molecule has 7 heteroatoms. The molecule has 0 heterocycles. The molecule has 0 amide bonds. The summed E-state index contributed by atoms with van der Waals surface area (Å²) in [7, 11) is 1.34. The summed E-state index contributed by atoms with van der Waals surface area (Å²) in [6.45, 7) is 4.78. The van der Waals surface area contributed by atoms with Crippen LogP contribution in [0.5, 0.6) is 5.75 Å². The van der Waals surface area contributed by atoms with Gasteiger partial charge >= 0.3 is 11.7 Å². The minimum absolute atomic E-state index is 0.122. The third-order valence-corrected chi connectivity index (χ3v) is 3.40. The Morgan fingerprint density at radius 2 is 2.00 bits per heavy atom. The molecular weight excluding hydrogens is 290 g/mol. The number of rotatable bonds is 7. The molecule has 0 radical (unpaired) electrons. The Morgan fingerprint density at radius 3 is 2.45 bits per heavy atom. The summed E-state index contributed by atoms with van der Waals surface area (Å²) in [5.41, 5.74) is 0.291. The molecule has 0 aromatic heterocycles. The van der Waals surface area contributed by atoms with E-state index in [-0.39, 0.29) is 23.8 Å². The summed E-state index contributed by atoms with van der Waals surface area (Å²) >= 11 is 0. The third kappa shape index (κ3) is 3.81. The Kier molecular flexibility index (Phi) is 6.03. The smallest absolute Gasteiger partial charge is 0.317 e. The fourth-order valence-electron chi connectivity index (χ4n) is 2.28. The van der Waals surface area contributed by atoms with Gasteiger partial charge in [0.15, 0.2) is 5.75 Å². The van der Waals surface area contributed by atoms with Crippen LogP contribution < -0.4 is 4.74 Å². The van der Waals surface area contributed by atoms with Gasteiger partial charge < -0.3 is 9.47 Å². The summed E-state index contributed by atoms with van der Waals surface area (Å²) in [4.78, 5) is 34.2. The van der Waals surface area contributed by atoms with Gasteiger partial charge in [0.05, 0.1) is 18.6 Å². The van der Waals surface area contributed by atoms with E-state index < -0.39 is 22.7 Å². The van der Waals surface area contributed by atoms with Crippen LogP contribution in [0.4, 0.5) is 5.69 Å². The topological polar surface area (TPSA) is 95.7 Å². The lowest BCUT2D eigenvalue weighted by atomic mass is 9.85. The molecule has 0 saturated heterocycles. The Bertz CT molecular complexity index is 583. The number of Topliss-reactive ketones (excluding diaryl/α,β-unsaturated/α-hetero) is 1. The van der Waals surface area contributed by atoms with E-state index in [1.165, 1.54) is 26.2 Å². The molecule has 1 aromatic rings. The van der Waals surface area contributed by atoms with Crippen molar-refractivity contribution in [3.8, 4) is 5.75 Å². The maximum absolute atomic E-state index is 11.9. The van der Waals surface area contributed by atoms with Crippen LogP contribution in [0.15, 0.2) is 18.2 Å². The standard InChI is InChI=1S/C15H19NO6/c1-5-22-15(18)14(10(3)17)9(2)11-6-7-13(21-4)12(8-11)16(19)20/h6-9,14H,5H2,1-4H3. The molecule has 0 aliphatic carbocycles. The summed E-state index contributed by atoms with van der Waals surface area (Å²) < 4.78 is 9.85. The molecule has 1 rings (SSSR count). The predicted octanol–water partition coefficient (Wildman–Crippen LogP) is 2.48. The van der Waals surface area contributed by atoms with E-state index in [2.05, 4.69) is 0 Å². The van der Waals surface area contributed by atoms with Crippen molar-refractivity contribution < 1.29 is 24.0 Å². The number of hydrogen-bond donors (Lipinski definition) is 0. The van der Waals surface area contributed by atoms with E-state index in [1.807, 2.05) is 0 Å². The molecule has 1 aromatic carbocycles. The Hall–Kier alpha value is -2.44. The van der Waals surface area contributed by atoms with E-state index in [4.69, 9.17) is 9.47 Å². The SMILES string of the molecule is CCOC(=O)C(C(C)=O)C(C)c1ccc(OC)c([N+](=O)[O-])c1. The number of ketones is 1. The Labute approximate surface area is 128 Å². The zero-order valence-electron chi connectivity index (χ0n) is 13.0. The fourth-order valence-corrected chi connectivity index (χ4v) is 2.28. The molecule has 0 spiro atoms. The van der Waals surface area contributed by atoms with E-state index in [0.717, 1.165) is 0 Å². The highest BCUT2D eigenvalue weighted by Gasteiger charge is 2.32. The van der Waals surface area contributed by atoms with Gasteiger partial charge in [0, 0.05) is 12.0 Å². The zero-order chi connectivity index (χ0) is 16.9. The van der Waals surface area contributed by atoms with Crippen LogP contribution in [0.1, 0.15) is 32.3 Å². The molecule has 7 nitrogen and oxygen atoms in total. The second-order valence-corrected chi connectivity index (χ2v) is 4.82. The lowest BCUT2D eigenvalue weighted by molar-refractivity contribution is -0.385. The van der Waals surface area contributed by atoms with Gasteiger partial charge in [-0.3, -0.25) is 19.7 Å². The number of nitro groups is 1. The van der Waals surface area contributed by atoms with Crippen LogP contribution in [0.25, 0.3) is 0 Å². The summed E-state index contributed by atoms with van der Waals surface area (Å²) in [6, 6.07) is 4.37. The van der Waals surface area contributed by atoms with E-state index >= 15 is 0 Å². The first-order valence-electron chi connectivity index (χ1n) is 6.82. The second kappa shape index (κ2) is 7.53. The van der Waals surface area contributed by atoms with E-state index in [1.54, 1.807) is 19.9 Å². The molecule has 0 fully saturated rings. The van der Waals surface area contributed by atoms with Crippen molar-refractivity contribution in [2.75, 3.05) is 13.7 Å². The molecule has 2 unspecified atom stereocenters. The van der Waals surface area contributed by atoms with Crippen LogP contribution in [0, 0.1) is 16.0 Å². The molecule has 0 N–H and O–H groups in total. The van der Waals surface area contributed by atoms with Crippen molar-refractivity contribution in [1.82, 2.24) is 0 Å². The number of carbonyl (C=O) groups excluding carboxylic acids is 2. The van der Waals surface area contributed by atoms with Crippen LogP contribution in [-0.4, -0.2) is 30.4 Å². The van der Waals surface area contributed by atoms with Crippen molar-refractivity contribution in [2.24, 2.45) is 5.92 Å². The van der Waals surface area contributed by atoms with Crippen LogP contribution in [-0.2, 0) is 14.3 Å². The fraction of sp³-hybridized carbons (Fsp3) is 0.467. The minimum Gasteiger partial charge on any atom is -0.490 e. The first-order chi connectivity index (χ1) is 10.3. The highest BCUT2D eigenvalue weighted by Crippen LogP contribution is 2.33. The number of carbonyl (C=O) groups is 2. The molecule has 22 heavy (non-hydrogen) atoms. The van der Waals surface area contributed by atoms with Crippen LogP contribution in [0.3, 0.4) is 0 Å². The maximum atomic E-state index is 11.9. The van der Waals surface area contributed by atoms with Crippen molar-refractivity contribution in [1.29, 1.82) is 0 Å². The number of nitro benzene ring substituents is 1. The van der Waals surface area contributed by atoms with Gasteiger partial charge in [-0.05, 0) is 25.5 Å². The number of benzene rings is 1. The van der Waals surface area contributed by atoms with E-state index in [9.17, 15) is 19.7 Å². The highest BCUT2D eigenvalue weighted by atomic mass is 16.6. The lowest BCUT2D eigenvalue weighted by Gasteiger charge is -2.20. The minimum atomic E-state index is -0.993. The van der Waals surface area contributed by atoms with Gasteiger partial charge in [0.2, 0.25) is 0 Å². The van der Waals surface area contributed by atoms with Gasteiger partial charge in [-0.1, -0.05) is 13.0 Å². The number of methoxy groups -OCH3 is 1. The molecule has 0 saturated carbocycles. The number of nitrogens with zero attached hydrogens (tertiary/aromatic N) is 1. The Balaban J connectivity index is 3.22. The van der Waals surface area contributed by atoms with Gasteiger partial charge in [-0.2, -0.15) is 0 Å². The summed E-state index contributed by atoms with van der Waals surface area (Å²) in [6.07, 6.45) is 0. The molecule has 0 aliphatic heterocycles. The molecule has 0 aliphatic rings. The van der Waals surface area contributed by atoms with Crippen molar-refractivity contribution in [2.45, 2.75) is 26.7 Å². The van der Waals surface area contributed by atoms with Crippen LogP contribution in [0.2, 0.25) is 0 Å². The molecular formula is C15H19NO6. The highest BCUT2D eigenvalue weighted by molar-refractivity contribution is 5.98. The largest absolute Gasteiger partial charge is 0.490 e. The third-order valence-electron chi connectivity index (χ3n) is 3.40. The molecule has 120 valence electrons. The van der Waals surface area contributed by atoms with Crippen molar-refractivity contribution in [3.63, 3.8) is 0 Å². The average Bonchev–Trinajstić information content (AvgIpc) is 2.46. The first kappa shape index (κ1) is 17.6. The molecule has 0 bridgehead atoms. The maximum Gasteiger partial charge on any atom is 0.317 e. The Morgan fingerprint density at radius 1 is 1.36 bits per heavy atom. The average molecular weight is 309 g/mol. The monoisotopic (exact) mass is 309 g/mol. The van der Waals surface area contributed by atoms with Crippen molar-refractivity contribution in [3.05, 3.63) is 33.9 Å². The van der Waals surface area contributed by atoms with Crippen molar-refractivity contribution >= 4 is 17.4 Å².